The number of ether oxygens (including phenoxy) is 1. The molecule has 0 aliphatic carbocycles. The van der Waals surface area contributed by atoms with Crippen molar-refractivity contribution in [3.8, 4) is 17.0 Å². The average Bonchev–Trinajstić information content (AvgIpc) is 3.28. The summed E-state index contributed by atoms with van der Waals surface area (Å²) >= 11 is 0. The normalized spacial score (nSPS) is 18.6. The van der Waals surface area contributed by atoms with Gasteiger partial charge in [0, 0.05) is 24.7 Å². The summed E-state index contributed by atoms with van der Waals surface area (Å²) in [7, 11) is 0. The minimum atomic E-state index is -0.505. The van der Waals surface area contributed by atoms with Gasteiger partial charge in [-0.3, -0.25) is 4.79 Å². The lowest BCUT2D eigenvalue weighted by molar-refractivity contribution is -0.139. The Labute approximate surface area is 176 Å². The maximum absolute atomic E-state index is 13.1. The predicted octanol–water partition coefficient (Wildman–Crippen LogP) is 4.12. The molecule has 1 unspecified atom stereocenters. The molecule has 0 radical (unpaired) electrons. The van der Waals surface area contributed by atoms with Crippen LogP contribution < -0.4 is 9.64 Å². The third-order valence-electron chi connectivity index (χ3n) is 5.78. The highest BCUT2D eigenvalue weighted by molar-refractivity contribution is 5.83. The molecule has 3 aromatic rings. The van der Waals surface area contributed by atoms with Gasteiger partial charge in [-0.15, -0.1) is 0 Å². The van der Waals surface area contributed by atoms with E-state index in [9.17, 15) is 4.79 Å². The van der Waals surface area contributed by atoms with Crippen molar-refractivity contribution < 1.29 is 14.1 Å². The van der Waals surface area contributed by atoms with Crippen molar-refractivity contribution in [2.24, 2.45) is 0 Å². The van der Waals surface area contributed by atoms with Crippen LogP contribution in [0.1, 0.15) is 25.0 Å². The van der Waals surface area contributed by atoms with Gasteiger partial charge in [-0.05, 0) is 31.4 Å². The number of benzene rings is 2. The molecule has 1 aromatic heterocycles. The molecule has 5 rings (SSSR count). The standard InChI is InChI=1S/C24H25N3O3/c28-24(26-13-7-2-8-14-26)23-17-27(21-11-5-6-12-22(21)29-23)16-19-15-20(25-30-19)18-9-3-1-4-10-18/h1,3-6,9-12,15,23H,2,7-8,13-14,16-17H2. The van der Waals surface area contributed by atoms with Crippen molar-refractivity contribution in [1.29, 1.82) is 0 Å². The highest BCUT2D eigenvalue weighted by atomic mass is 16.5. The fourth-order valence-corrected chi connectivity index (χ4v) is 4.22. The summed E-state index contributed by atoms with van der Waals surface area (Å²) in [5.41, 5.74) is 2.80. The number of carbonyl (C=O) groups is 1. The summed E-state index contributed by atoms with van der Waals surface area (Å²) in [4.78, 5) is 17.2. The van der Waals surface area contributed by atoms with Crippen molar-refractivity contribution in [3.63, 3.8) is 0 Å². The van der Waals surface area contributed by atoms with Gasteiger partial charge in [0.2, 0.25) is 0 Å². The number of fused-ring (bicyclic) bond motifs is 1. The van der Waals surface area contributed by atoms with E-state index in [2.05, 4.69) is 10.1 Å². The van der Waals surface area contributed by atoms with Gasteiger partial charge in [0.15, 0.2) is 11.9 Å². The number of carbonyl (C=O) groups excluding carboxylic acids is 1. The molecule has 0 spiro atoms. The van der Waals surface area contributed by atoms with Gasteiger partial charge in [0.1, 0.15) is 11.4 Å². The summed E-state index contributed by atoms with van der Waals surface area (Å²) in [5.74, 6) is 1.58. The maximum Gasteiger partial charge on any atom is 0.265 e. The molecular formula is C24H25N3O3. The van der Waals surface area contributed by atoms with E-state index in [-0.39, 0.29) is 5.91 Å². The quantitative estimate of drug-likeness (QED) is 0.656. The molecule has 2 aliphatic heterocycles. The Kier molecular flexibility index (Phi) is 5.13. The van der Waals surface area contributed by atoms with E-state index in [4.69, 9.17) is 9.26 Å². The lowest BCUT2D eigenvalue weighted by Gasteiger charge is -2.38. The SMILES string of the molecule is O=C(C1CN(Cc2cc(-c3ccccc3)no2)c2ccccc2O1)N1CCCCC1. The first-order valence-electron chi connectivity index (χ1n) is 10.6. The zero-order valence-corrected chi connectivity index (χ0v) is 16.9. The maximum atomic E-state index is 13.1. The zero-order valence-electron chi connectivity index (χ0n) is 16.9. The van der Waals surface area contributed by atoms with E-state index in [0.717, 1.165) is 54.4 Å². The molecule has 6 heteroatoms. The van der Waals surface area contributed by atoms with Gasteiger partial charge < -0.3 is 19.1 Å². The lowest BCUT2D eigenvalue weighted by Crippen LogP contribution is -2.51. The van der Waals surface area contributed by atoms with Crippen LogP contribution in [-0.2, 0) is 11.3 Å². The number of piperidine rings is 1. The number of hydrogen-bond acceptors (Lipinski definition) is 5. The van der Waals surface area contributed by atoms with E-state index in [1.165, 1.54) is 6.42 Å². The third-order valence-corrected chi connectivity index (χ3v) is 5.78. The predicted molar refractivity (Wildman–Crippen MR) is 114 cm³/mol. The zero-order chi connectivity index (χ0) is 20.3. The topological polar surface area (TPSA) is 58.8 Å². The van der Waals surface area contributed by atoms with Crippen LogP contribution in [0.5, 0.6) is 5.75 Å². The summed E-state index contributed by atoms with van der Waals surface area (Å²) in [5, 5.41) is 4.23. The number of para-hydroxylation sites is 2. The average molecular weight is 403 g/mol. The van der Waals surface area contributed by atoms with Crippen LogP contribution in [0.3, 0.4) is 0 Å². The molecular weight excluding hydrogens is 378 g/mol. The largest absolute Gasteiger partial charge is 0.477 e. The molecule has 1 amide bonds. The molecule has 0 bridgehead atoms. The Morgan fingerprint density at radius 1 is 1.00 bits per heavy atom. The number of nitrogens with zero attached hydrogens (tertiary/aromatic N) is 3. The summed E-state index contributed by atoms with van der Waals surface area (Å²) in [6.07, 6.45) is 2.83. The molecule has 2 aliphatic rings. The van der Waals surface area contributed by atoms with Gasteiger partial charge in [0.25, 0.3) is 5.91 Å². The van der Waals surface area contributed by atoms with E-state index >= 15 is 0 Å². The third kappa shape index (κ3) is 3.77. The van der Waals surface area contributed by atoms with Crippen LogP contribution in [0, 0.1) is 0 Å². The van der Waals surface area contributed by atoms with Crippen molar-refractivity contribution in [2.45, 2.75) is 31.9 Å². The van der Waals surface area contributed by atoms with Crippen molar-refractivity contribution >= 4 is 11.6 Å². The van der Waals surface area contributed by atoms with Crippen LogP contribution >= 0.6 is 0 Å². The smallest absolute Gasteiger partial charge is 0.265 e. The number of aromatic nitrogens is 1. The number of anilines is 1. The molecule has 1 fully saturated rings. The van der Waals surface area contributed by atoms with Crippen LogP contribution in [0.4, 0.5) is 5.69 Å². The second-order valence-electron chi connectivity index (χ2n) is 7.89. The lowest BCUT2D eigenvalue weighted by atomic mass is 10.1. The minimum Gasteiger partial charge on any atom is -0.477 e. The number of hydrogen-bond donors (Lipinski definition) is 0. The van der Waals surface area contributed by atoms with Gasteiger partial charge in [0.05, 0.1) is 18.8 Å². The summed E-state index contributed by atoms with van der Waals surface area (Å²) in [6, 6.07) is 19.8. The molecule has 0 N–H and O–H groups in total. The van der Waals surface area contributed by atoms with Gasteiger partial charge in [-0.2, -0.15) is 0 Å². The number of rotatable bonds is 4. The highest BCUT2D eigenvalue weighted by Gasteiger charge is 2.34. The van der Waals surface area contributed by atoms with Crippen molar-refractivity contribution in [2.75, 3.05) is 24.5 Å². The summed E-state index contributed by atoms with van der Waals surface area (Å²) in [6.45, 7) is 2.67. The molecule has 3 heterocycles. The van der Waals surface area contributed by atoms with E-state index < -0.39 is 6.10 Å². The van der Waals surface area contributed by atoms with E-state index in [0.29, 0.717) is 13.1 Å². The second-order valence-corrected chi connectivity index (χ2v) is 7.89. The second kappa shape index (κ2) is 8.22. The molecule has 30 heavy (non-hydrogen) atoms. The minimum absolute atomic E-state index is 0.0803. The molecule has 1 atom stereocenters. The van der Waals surface area contributed by atoms with Crippen molar-refractivity contribution in [1.82, 2.24) is 10.1 Å². The van der Waals surface area contributed by atoms with Crippen LogP contribution in [0.2, 0.25) is 0 Å². The van der Waals surface area contributed by atoms with Crippen LogP contribution in [0.25, 0.3) is 11.3 Å². The fraction of sp³-hybridized carbons (Fsp3) is 0.333. The molecule has 0 saturated carbocycles. The first-order chi connectivity index (χ1) is 14.8. The molecule has 6 nitrogen and oxygen atoms in total. The molecule has 2 aromatic carbocycles. The van der Waals surface area contributed by atoms with E-state index in [1.807, 2.05) is 65.6 Å². The van der Waals surface area contributed by atoms with Crippen LogP contribution in [-0.4, -0.2) is 41.7 Å². The van der Waals surface area contributed by atoms with Gasteiger partial charge in [-0.25, -0.2) is 0 Å². The Morgan fingerprint density at radius 2 is 1.77 bits per heavy atom. The first-order valence-corrected chi connectivity index (χ1v) is 10.6. The number of amides is 1. The van der Waals surface area contributed by atoms with Crippen molar-refractivity contribution in [3.05, 3.63) is 66.4 Å². The fourth-order valence-electron chi connectivity index (χ4n) is 4.22. The van der Waals surface area contributed by atoms with Crippen LogP contribution in [0.15, 0.2) is 65.2 Å². The van der Waals surface area contributed by atoms with Gasteiger partial charge in [-0.1, -0.05) is 47.6 Å². The molecule has 1 saturated heterocycles. The molecule has 154 valence electrons. The van der Waals surface area contributed by atoms with Gasteiger partial charge >= 0.3 is 0 Å². The first kappa shape index (κ1) is 18.7. The Balaban J connectivity index is 1.37. The monoisotopic (exact) mass is 403 g/mol. The Morgan fingerprint density at radius 3 is 2.60 bits per heavy atom. The number of likely N-dealkylation sites (tertiary alicyclic amines) is 1. The highest BCUT2D eigenvalue weighted by Crippen LogP contribution is 2.35. The van der Waals surface area contributed by atoms with E-state index in [1.54, 1.807) is 0 Å². The Hall–Kier alpha value is -3.28. The Bertz CT molecular complexity index is 1010. The summed E-state index contributed by atoms with van der Waals surface area (Å²) < 4.78 is 11.7.